The van der Waals surface area contributed by atoms with Crippen LogP contribution in [0.5, 0.6) is 0 Å². The topological polar surface area (TPSA) is 3.24 Å². The Balaban J connectivity index is 2.34. The highest BCUT2D eigenvalue weighted by atomic mass is 15.2. The summed E-state index contributed by atoms with van der Waals surface area (Å²) in [5, 5.41) is 0. The van der Waals surface area contributed by atoms with E-state index in [4.69, 9.17) is 0 Å². The van der Waals surface area contributed by atoms with E-state index < -0.39 is 0 Å². The van der Waals surface area contributed by atoms with Crippen molar-refractivity contribution in [1.29, 1.82) is 0 Å². The van der Waals surface area contributed by atoms with Gasteiger partial charge in [-0.2, -0.15) is 0 Å². The molecule has 1 saturated carbocycles. The molecule has 0 saturated heterocycles. The highest BCUT2D eigenvalue weighted by molar-refractivity contribution is 4.82. The summed E-state index contributed by atoms with van der Waals surface area (Å²) >= 11 is 0. The van der Waals surface area contributed by atoms with Crippen LogP contribution in [0.1, 0.15) is 40.5 Å². The third-order valence-electron chi connectivity index (χ3n) is 2.51. The van der Waals surface area contributed by atoms with Crippen LogP contribution in [0.2, 0.25) is 0 Å². The molecule has 1 rings (SSSR count). The third kappa shape index (κ3) is 2.82. The van der Waals surface area contributed by atoms with Crippen molar-refractivity contribution in [2.75, 3.05) is 13.1 Å². The van der Waals surface area contributed by atoms with E-state index in [0.29, 0.717) is 5.54 Å². The molecule has 1 fully saturated rings. The fourth-order valence-electron chi connectivity index (χ4n) is 1.49. The number of hydrogen-bond donors (Lipinski definition) is 0. The minimum Gasteiger partial charge on any atom is -0.298 e. The van der Waals surface area contributed by atoms with E-state index in [9.17, 15) is 0 Å². The Bertz CT molecular complexity index is 119. The Hall–Kier alpha value is -0.0400. The lowest BCUT2D eigenvalue weighted by atomic mass is 10.1. The monoisotopic (exact) mass is 155 g/mol. The first-order chi connectivity index (χ1) is 5.04. The third-order valence-corrected chi connectivity index (χ3v) is 2.51. The van der Waals surface area contributed by atoms with Crippen molar-refractivity contribution >= 4 is 0 Å². The fraction of sp³-hybridized carbons (Fsp3) is 1.00. The summed E-state index contributed by atoms with van der Waals surface area (Å²) in [5.74, 6) is 1.02. The lowest BCUT2D eigenvalue weighted by molar-refractivity contribution is 0.138. The zero-order valence-corrected chi connectivity index (χ0v) is 8.35. The van der Waals surface area contributed by atoms with Crippen molar-refractivity contribution in [3.05, 3.63) is 0 Å². The van der Waals surface area contributed by atoms with Crippen LogP contribution in [0.25, 0.3) is 0 Å². The van der Waals surface area contributed by atoms with Crippen molar-refractivity contribution < 1.29 is 0 Å². The zero-order chi connectivity index (χ0) is 8.48. The Morgan fingerprint density at radius 1 is 1.27 bits per heavy atom. The number of rotatable bonds is 3. The molecule has 0 N–H and O–H groups in total. The van der Waals surface area contributed by atoms with Crippen LogP contribution in [-0.2, 0) is 0 Å². The molecule has 66 valence electrons. The molecule has 0 spiro atoms. The number of hydrogen-bond acceptors (Lipinski definition) is 1. The van der Waals surface area contributed by atoms with Crippen LogP contribution < -0.4 is 0 Å². The molecule has 0 bridgehead atoms. The van der Waals surface area contributed by atoms with Gasteiger partial charge in [0.25, 0.3) is 0 Å². The van der Waals surface area contributed by atoms with Gasteiger partial charge in [-0.1, -0.05) is 6.92 Å². The SMILES string of the molecule is CCN(CC1CC1)C(C)(C)C. The molecule has 0 radical (unpaired) electrons. The van der Waals surface area contributed by atoms with Crippen LogP contribution in [0.4, 0.5) is 0 Å². The van der Waals surface area contributed by atoms with E-state index in [1.165, 1.54) is 25.9 Å². The first-order valence-electron chi connectivity index (χ1n) is 4.79. The first-order valence-corrected chi connectivity index (χ1v) is 4.79. The first kappa shape index (κ1) is 9.05. The Kier molecular flexibility index (Phi) is 2.58. The molecule has 0 aliphatic heterocycles. The van der Waals surface area contributed by atoms with Gasteiger partial charge in [0, 0.05) is 12.1 Å². The van der Waals surface area contributed by atoms with Crippen LogP contribution >= 0.6 is 0 Å². The summed E-state index contributed by atoms with van der Waals surface area (Å²) in [5.41, 5.74) is 0.372. The predicted molar refractivity (Wildman–Crippen MR) is 49.7 cm³/mol. The molecule has 0 aromatic rings. The molecule has 11 heavy (non-hydrogen) atoms. The summed E-state index contributed by atoms with van der Waals surface area (Å²) in [6.45, 7) is 11.7. The molecule has 0 atom stereocenters. The van der Waals surface area contributed by atoms with Gasteiger partial charge in [0.05, 0.1) is 0 Å². The molecule has 0 aromatic carbocycles. The van der Waals surface area contributed by atoms with E-state index in [1.54, 1.807) is 0 Å². The standard InChI is InChI=1S/C10H21N/c1-5-11(10(2,3)4)8-9-6-7-9/h9H,5-8H2,1-4H3. The van der Waals surface area contributed by atoms with Gasteiger partial charge in [0.2, 0.25) is 0 Å². The van der Waals surface area contributed by atoms with Gasteiger partial charge < -0.3 is 0 Å². The van der Waals surface area contributed by atoms with Gasteiger partial charge >= 0.3 is 0 Å². The lowest BCUT2D eigenvalue weighted by Crippen LogP contribution is -2.42. The summed E-state index contributed by atoms with van der Waals surface area (Å²) in [6, 6.07) is 0. The maximum atomic E-state index is 2.57. The van der Waals surface area contributed by atoms with Gasteiger partial charge in [-0.05, 0) is 46.1 Å². The van der Waals surface area contributed by atoms with E-state index in [1.807, 2.05) is 0 Å². The molecule has 0 aromatic heterocycles. The minimum absolute atomic E-state index is 0.372. The fourth-order valence-corrected chi connectivity index (χ4v) is 1.49. The van der Waals surface area contributed by atoms with E-state index >= 15 is 0 Å². The van der Waals surface area contributed by atoms with Gasteiger partial charge in [0.15, 0.2) is 0 Å². The molecule has 0 unspecified atom stereocenters. The molecule has 1 aliphatic rings. The van der Waals surface area contributed by atoms with Crippen molar-refractivity contribution in [3.63, 3.8) is 0 Å². The van der Waals surface area contributed by atoms with Gasteiger partial charge in [-0.15, -0.1) is 0 Å². The van der Waals surface area contributed by atoms with E-state index in [0.717, 1.165) is 5.92 Å². The smallest absolute Gasteiger partial charge is 0.0125 e. The minimum atomic E-state index is 0.372. The quantitative estimate of drug-likeness (QED) is 0.605. The normalized spacial score (nSPS) is 19.4. The van der Waals surface area contributed by atoms with Crippen LogP contribution in [0.15, 0.2) is 0 Å². The largest absolute Gasteiger partial charge is 0.298 e. The average molecular weight is 155 g/mol. The molecule has 1 heteroatoms. The van der Waals surface area contributed by atoms with E-state index in [2.05, 4.69) is 32.6 Å². The summed E-state index contributed by atoms with van der Waals surface area (Å²) in [7, 11) is 0. The number of nitrogens with zero attached hydrogens (tertiary/aromatic N) is 1. The van der Waals surface area contributed by atoms with Crippen LogP contribution in [0.3, 0.4) is 0 Å². The second kappa shape index (κ2) is 3.14. The highest BCUT2D eigenvalue weighted by Crippen LogP contribution is 2.31. The maximum Gasteiger partial charge on any atom is 0.0125 e. The Labute approximate surface area is 70.8 Å². The molecule has 1 aliphatic carbocycles. The maximum absolute atomic E-state index is 2.57. The summed E-state index contributed by atoms with van der Waals surface area (Å²) in [6.07, 6.45) is 2.93. The molecule has 0 amide bonds. The van der Waals surface area contributed by atoms with Crippen LogP contribution in [-0.4, -0.2) is 23.5 Å². The Morgan fingerprint density at radius 2 is 1.82 bits per heavy atom. The summed E-state index contributed by atoms with van der Waals surface area (Å²) < 4.78 is 0. The predicted octanol–water partition coefficient (Wildman–Crippen LogP) is 2.52. The van der Waals surface area contributed by atoms with Crippen molar-refractivity contribution in [3.8, 4) is 0 Å². The average Bonchev–Trinajstić information content (AvgIpc) is 2.62. The lowest BCUT2D eigenvalue weighted by Gasteiger charge is -2.34. The second-order valence-corrected chi connectivity index (χ2v) is 4.65. The highest BCUT2D eigenvalue weighted by Gasteiger charge is 2.28. The van der Waals surface area contributed by atoms with Gasteiger partial charge in [-0.25, -0.2) is 0 Å². The second-order valence-electron chi connectivity index (χ2n) is 4.65. The van der Waals surface area contributed by atoms with Crippen LogP contribution in [0, 0.1) is 5.92 Å². The van der Waals surface area contributed by atoms with Gasteiger partial charge in [0.1, 0.15) is 0 Å². The summed E-state index contributed by atoms with van der Waals surface area (Å²) in [4.78, 5) is 2.57. The van der Waals surface area contributed by atoms with Crippen molar-refractivity contribution in [1.82, 2.24) is 4.90 Å². The molecule has 0 heterocycles. The van der Waals surface area contributed by atoms with E-state index in [-0.39, 0.29) is 0 Å². The molecule has 1 nitrogen and oxygen atoms in total. The Morgan fingerprint density at radius 3 is 2.09 bits per heavy atom. The van der Waals surface area contributed by atoms with Crippen molar-refractivity contribution in [2.45, 2.75) is 46.1 Å². The molecular formula is C10H21N. The molecular weight excluding hydrogens is 134 g/mol. The van der Waals surface area contributed by atoms with Gasteiger partial charge in [-0.3, -0.25) is 4.90 Å². The van der Waals surface area contributed by atoms with Crippen molar-refractivity contribution in [2.24, 2.45) is 5.92 Å². The zero-order valence-electron chi connectivity index (χ0n) is 8.35.